The Hall–Kier alpha value is -1.51. The predicted molar refractivity (Wildman–Crippen MR) is 121 cm³/mol. The molecule has 1 atom stereocenters. The number of carbonyl (C=O) groups excluding carboxylic acids is 1. The zero-order chi connectivity index (χ0) is 19.2. The Bertz CT molecular complexity index is 550. The van der Waals surface area contributed by atoms with E-state index in [9.17, 15) is 4.79 Å². The molecular formula is C20H34IN3O3. The van der Waals surface area contributed by atoms with Gasteiger partial charge in [-0.05, 0) is 49.8 Å². The number of benzene rings is 1. The average molecular weight is 491 g/mol. The van der Waals surface area contributed by atoms with E-state index in [1.807, 2.05) is 12.1 Å². The van der Waals surface area contributed by atoms with Gasteiger partial charge >= 0.3 is 5.97 Å². The number of nitrogens with zero attached hydrogens (tertiary/aromatic N) is 1. The molecule has 1 rings (SSSR count). The molecule has 0 aliphatic carbocycles. The lowest BCUT2D eigenvalue weighted by molar-refractivity contribution is -0.140. The van der Waals surface area contributed by atoms with Crippen molar-refractivity contribution in [1.29, 1.82) is 0 Å². The zero-order valence-corrected chi connectivity index (χ0v) is 19.2. The zero-order valence-electron chi connectivity index (χ0n) is 16.9. The largest absolute Gasteiger partial charge is 0.497 e. The molecule has 0 aliphatic heterocycles. The van der Waals surface area contributed by atoms with E-state index in [0.717, 1.165) is 44.1 Å². The van der Waals surface area contributed by atoms with Gasteiger partial charge in [0.05, 0.1) is 14.2 Å². The number of guanidine groups is 1. The van der Waals surface area contributed by atoms with Crippen molar-refractivity contribution in [3.05, 3.63) is 29.8 Å². The SMILES string of the molecule is CCNC(=NCCCCC(=O)OC)NCCC(C)c1ccc(OC)cc1.I. The minimum absolute atomic E-state index is 0. The van der Waals surface area contributed by atoms with E-state index in [1.165, 1.54) is 12.7 Å². The van der Waals surface area contributed by atoms with Crippen LogP contribution in [0.3, 0.4) is 0 Å². The lowest BCUT2D eigenvalue weighted by atomic mass is 9.98. The molecule has 2 N–H and O–H groups in total. The average Bonchev–Trinajstić information content (AvgIpc) is 2.67. The molecule has 0 fully saturated rings. The maximum absolute atomic E-state index is 11.1. The Balaban J connectivity index is 0.00000676. The minimum atomic E-state index is -0.161. The fraction of sp³-hybridized carbons (Fsp3) is 0.600. The lowest BCUT2D eigenvalue weighted by Crippen LogP contribution is -2.38. The third kappa shape index (κ3) is 11.0. The second-order valence-corrected chi connectivity index (χ2v) is 6.18. The van der Waals surface area contributed by atoms with Gasteiger partial charge in [-0.15, -0.1) is 24.0 Å². The molecule has 0 bridgehead atoms. The molecule has 0 saturated carbocycles. The van der Waals surface area contributed by atoms with E-state index in [-0.39, 0.29) is 29.9 Å². The highest BCUT2D eigenvalue weighted by atomic mass is 127. The van der Waals surface area contributed by atoms with E-state index in [2.05, 4.69) is 46.3 Å². The van der Waals surface area contributed by atoms with Crippen molar-refractivity contribution in [1.82, 2.24) is 10.6 Å². The summed E-state index contributed by atoms with van der Waals surface area (Å²) >= 11 is 0. The highest BCUT2D eigenvalue weighted by molar-refractivity contribution is 14.0. The van der Waals surface area contributed by atoms with E-state index in [0.29, 0.717) is 18.9 Å². The standard InChI is InChI=1S/C20H33N3O3.HI/c1-5-21-20(22-14-7-6-8-19(24)26-4)23-15-13-16(2)17-9-11-18(25-3)12-10-17;/h9-12,16H,5-8,13-15H2,1-4H3,(H2,21,22,23);1H. The maximum Gasteiger partial charge on any atom is 0.305 e. The Morgan fingerprint density at radius 2 is 1.85 bits per heavy atom. The van der Waals surface area contributed by atoms with Crippen LogP contribution in [-0.4, -0.2) is 45.8 Å². The van der Waals surface area contributed by atoms with Crippen LogP contribution in [0.1, 0.15) is 51.0 Å². The molecule has 0 spiro atoms. The summed E-state index contributed by atoms with van der Waals surface area (Å²) in [5.74, 6) is 2.00. The first kappa shape index (κ1) is 25.5. The summed E-state index contributed by atoms with van der Waals surface area (Å²) in [6.45, 7) is 6.64. The quantitative estimate of drug-likeness (QED) is 0.162. The second kappa shape index (κ2) is 15.5. The third-order valence-corrected chi connectivity index (χ3v) is 4.19. The molecule has 0 amide bonds. The van der Waals surface area contributed by atoms with Crippen LogP contribution in [0, 0.1) is 0 Å². The summed E-state index contributed by atoms with van der Waals surface area (Å²) in [7, 11) is 3.10. The van der Waals surface area contributed by atoms with Gasteiger partial charge in [0.1, 0.15) is 5.75 Å². The first-order valence-electron chi connectivity index (χ1n) is 9.33. The fourth-order valence-corrected chi connectivity index (χ4v) is 2.52. The van der Waals surface area contributed by atoms with Gasteiger partial charge in [0.25, 0.3) is 0 Å². The number of aliphatic imine (C=N–C) groups is 1. The summed E-state index contributed by atoms with van der Waals surface area (Å²) in [6.07, 6.45) is 3.13. The van der Waals surface area contributed by atoms with Gasteiger partial charge in [-0.1, -0.05) is 19.1 Å². The Morgan fingerprint density at radius 3 is 2.44 bits per heavy atom. The smallest absolute Gasteiger partial charge is 0.305 e. The molecule has 0 radical (unpaired) electrons. The van der Waals surface area contributed by atoms with Gasteiger partial charge < -0.3 is 20.1 Å². The van der Waals surface area contributed by atoms with Gasteiger partial charge in [-0.25, -0.2) is 0 Å². The molecule has 1 unspecified atom stereocenters. The van der Waals surface area contributed by atoms with E-state index in [1.54, 1.807) is 7.11 Å². The number of esters is 1. The van der Waals surface area contributed by atoms with Crippen molar-refractivity contribution in [3.8, 4) is 5.75 Å². The van der Waals surface area contributed by atoms with Gasteiger partial charge in [0.15, 0.2) is 5.96 Å². The first-order chi connectivity index (χ1) is 12.6. The summed E-state index contributed by atoms with van der Waals surface area (Å²) < 4.78 is 9.84. The summed E-state index contributed by atoms with van der Waals surface area (Å²) in [5.41, 5.74) is 1.30. The first-order valence-corrected chi connectivity index (χ1v) is 9.33. The normalized spacial score (nSPS) is 11.9. The number of ether oxygens (including phenoxy) is 2. The van der Waals surface area contributed by atoms with Crippen molar-refractivity contribution >= 4 is 35.9 Å². The molecule has 154 valence electrons. The van der Waals surface area contributed by atoms with Gasteiger partial charge in [-0.2, -0.15) is 0 Å². The van der Waals surface area contributed by atoms with Crippen LogP contribution >= 0.6 is 24.0 Å². The van der Waals surface area contributed by atoms with Crippen LogP contribution in [0.25, 0.3) is 0 Å². The molecule has 0 saturated heterocycles. The van der Waals surface area contributed by atoms with Crippen LogP contribution in [0.5, 0.6) is 5.75 Å². The Kier molecular flexibility index (Phi) is 14.7. The van der Waals surface area contributed by atoms with Gasteiger partial charge in [0.2, 0.25) is 0 Å². The van der Waals surface area contributed by atoms with Gasteiger partial charge in [-0.3, -0.25) is 9.79 Å². The van der Waals surface area contributed by atoms with Crippen molar-refractivity contribution in [2.45, 2.75) is 45.4 Å². The molecule has 27 heavy (non-hydrogen) atoms. The second-order valence-electron chi connectivity index (χ2n) is 6.18. The number of methoxy groups -OCH3 is 2. The number of nitrogens with one attached hydrogen (secondary N) is 2. The summed E-state index contributed by atoms with van der Waals surface area (Å²) in [5, 5.41) is 6.63. The van der Waals surface area contributed by atoms with Crippen LogP contribution in [0.2, 0.25) is 0 Å². The molecule has 0 aliphatic rings. The number of hydrogen-bond acceptors (Lipinski definition) is 4. The van der Waals surface area contributed by atoms with E-state index < -0.39 is 0 Å². The fourth-order valence-electron chi connectivity index (χ4n) is 2.52. The van der Waals surface area contributed by atoms with Crippen LogP contribution in [0.15, 0.2) is 29.3 Å². The number of rotatable bonds is 11. The van der Waals surface area contributed by atoms with Crippen LogP contribution in [-0.2, 0) is 9.53 Å². The number of carbonyl (C=O) groups is 1. The van der Waals surface area contributed by atoms with E-state index >= 15 is 0 Å². The van der Waals surface area contributed by atoms with Crippen molar-refractivity contribution in [2.24, 2.45) is 4.99 Å². The molecule has 0 aromatic heterocycles. The lowest BCUT2D eigenvalue weighted by Gasteiger charge is -2.15. The molecule has 0 heterocycles. The Morgan fingerprint density at radius 1 is 1.15 bits per heavy atom. The van der Waals surface area contributed by atoms with Crippen molar-refractivity contribution in [2.75, 3.05) is 33.9 Å². The summed E-state index contributed by atoms with van der Waals surface area (Å²) in [6, 6.07) is 8.23. The molecular weight excluding hydrogens is 457 g/mol. The topological polar surface area (TPSA) is 72.0 Å². The highest BCUT2D eigenvalue weighted by Crippen LogP contribution is 2.21. The minimum Gasteiger partial charge on any atom is -0.497 e. The molecule has 6 nitrogen and oxygen atoms in total. The predicted octanol–water partition coefficient (Wildman–Crippen LogP) is 3.71. The van der Waals surface area contributed by atoms with Crippen LogP contribution in [0.4, 0.5) is 0 Å². The van der Waals surface area contributed by atoms with Crippen molar-refractivity contribution in [3.63, 3.8) is 0 Å². The monoisotopic (exact) mass is 491 g/mol. The third-order valence-electron chi connectivity index (χ3n) is 4.19. The number of hydrogen-bond donors (Lipinski definition) is 2. The number of halogens is 1. The molecule has 1 aromatic rings. The van der Waals surface area contributed by atoms with Crippen molar-refractivity contribution < 1.29 is 14.3 Å². The van der Waals surface area contributed by atoms with E-state index in [4.69, 9.17) is 4.74 Å². The molecule has 1 aromatic carbocycles. The number of unbranched alkanes of at least 4 members (excludes halogenated alkanes) is 1. The highest BCUT2D eigenvalue weighted by Gasteiger charge is 2.06. The van der Waals surface area contributed by atoms with Crippen LogP contribution < -0.4 is 15.4 Å². The Labute approximate surface area is 180 Å². The van der Waals surface area contributed by atoms with Gasteiger partial charge in [0, 0.05) is 26.1 Å². The summed E-state index contributed by atoms with van der Waals surface area (Å²) in [4.78, 5) is 15.6. The maximum atomic E-state index is 11.1. The molecule has 7 heteroatoms.